The Morgan fingerprint density at radius 1 is 1.13 bits per heavy atom. The zero-order chi connectivity index (χ0) is 22.0. The van der Waals surface area contributed by atoms with Crippen molar-refractivity contribution >= 4 is 40.3 Å². The number of nitrogens with one attached hydrogen (secondary N) is 1. The first-order valence-electron chi connectivity index (χ1n) is 9.72. The van der Waals surface area contributed by atoms with Crippen LogP contribution in [0.25, 0.3) is 11.2 Å². The molecule has 0 bridgehead atoms. The van der Waals surface area contributed by atoms with Crippen molar-refractivity contribution in [2.45, 2.75) is 45.4 Å². The van der Waals surface area contributed by atoms with Crippen LogP contribution in [0.2, 0.25) is 10.0 Å². The first-order chi connectivity index (χ1) is 14.2. The minimum Gasteiger partial charge on any atom is -0.393 e. The fourth-order valence-electron chi connectivity index (χ4n) is 3.34. The lowest BCUT2D eigenvalue weighted by Gasteiger charge is -2.09. The number of anilines is 1. The molecule has 1 aromatic carbocycles. The third-order valence-corrected chi connectivity index (χ3v) is 5.79. The molecule has 1 unspecified atom stereocenters. The minimum atomic E-state index is -0.404. The summed E-state index contributed by atoms with van der Waals surface area (Å²) in [5.74, 6) is 0.468. The van der Waals surface area contributed by atoms with Gasteiger partial charge < -0.3 is 15.0 Å². The summed E-state index contributed by atoms with van der Waals surface area (Å²) in [7, 11) is 3.34. The van der Waals surface area contributed by atoms with Gasteiger partial charge in [0.2, 0.25) is 5.95 Å². The highest BCUT2D eigenvalue weighted by Crippen LogP contribution is 2.23. The first kappa shape index (κ1) is 22.4. The van der Waals surface area contributed by atoms with Crippen molar-refractivity contribution in [2.75, 3.05) is 5.32 Å². The van der Waals surface area contributed by atoms with Gasteiger partial charge in [-0.1, -0.05) is 29.3 Å². The van der Waals surface area contributed by atoms with Crippen molar-refractivity contribution in [3.8, 4) is 0 Å². The quantitative estimate of drug-likeness (QED) is 0.511. The lowest BCUT2D eigenvalue weighted by Crippen LogP contribution is -2.39. The number of benzene rings is 1. The van der Waals surface area contributed by atoms with Gasteiger partial charge in [-0.15, -0.1) is 0 Å². The normalized spacial score (nSPS) is 12.5. The SMILES string of the molecule is CC(O)CCCCn1c(=O)c2c(nc(NCc3ccc(Cl)c(Cl)c3)n2C)n(C)c1=O. The number of rotatable bonds is 8. The molecule has 2 heterocycles. The summed E-state index contributed by atoms with van der Waals surface area (Å²) in [5, 5.41) is 13.5. The lowest BCUT2D eigenvalue weighted by atomic mass is 10.2. The van der Waals surface area contributed by atoms with E-state index >= 15 is 0 Å². The third-order valence-electron chi connectivity index (χ3n) is 5.05. The number of hydrogen-bond acceptors (Lipinski definition) is 5. The van der Waals surface area contributed by atoms with Gasteiger partial charge in [0.15, 0.2) is 11.2 Å². The number of aliphatic hydroxyl groups excluding tert-OH is 1. The van der Waals surface area contributed by atoms with Gasteiger partial charge >= 0.3 is 5.69 Å². The number of fused-ring (bicyclic) bond motifs is 1. The average molecular weight is 454 g/mol. The van der Waals surface area contributed by atoms with Crippen LogP contribution in [-0.4, -0.2) is 29.9 Å². The molecule has 3 aromatic rings. The Morgan fingerprint density at radius 2 is 1.87 bits per heavy atom. The lowest BCUT2D eigenvalue weighted by molar-refractivity contribution is 0.180. The van der Waals surface area contributed by atoms with Crippen molar-refractivity contribution in [1.82, 2.24) is 18.7 Å². The molecule has 0 saturated carbocycles. The summed E-state index contributed by atoms with van der Waals surface area (Å²) in [6.45, 7) is 2.44. The van der Waals surface area contributed by atoms with E-state index in [9.17, 15) is 14.7 Å². The predicted molar refractivity (Wildman–Crippen MR) is 120 cm³/mol. The first-order valence-corrected chi connectivity index (χ1v) is 10.5. The molecule has 0 aliphatic carbocycles. The van der Waals surface area contributed by atoms with Crippen molar-refractivity contribution < 1.29 is 5.11 Å². The fourth-order valence-corrected chi connectivity index (χ4v) is 3.66. The zero-order valence-corrected chi connectivity index (χ0v) is 18.7. The second-order valence-electron chi connectivity index (χ2n) is 7.41. The van der Waals surface area contributed by atoms with Crippen LogP contribution in [0.4, 0.5) is 5.95 Å². The molecule has 3 rings (SSSR count). The maximum Gasteiger partial charge on any atom is 0.332 e. The number of aromatic nitrogens is 4. The van der Waals surface area contributed by atoms with Crippen LogP contribution in [-0.2, 0) is 27.2 Å². The molecule has 162 valence electrons. The smallest absolute Gasteiger partial charge is 0.332 e. The minimum absolute atomic E-state index is 0.297. The van der Waals surface area contributed by atoms with Crippen LogP contribution in [0.3, 0.4) is 0 Å². The van der Waals surface area contributed by atoms with Gasteiger partial charge in [0.1, 0.15) is 0 Å². The Hall–Kier alpha value is -2.29. The molecule has 0 saturated heterocycles. The molecule has 0 amide bonds. The molecule has 8 nitrogen and oxygen atoms in total. The summed E-state index contributed by atoms with van der Waals surface area (Å²) < 4.78 is 4.27. The van der Waals surface area contributed by atoms with E-state index in [1.807, 2.05) is 6.07 Å². The van der Waals surface area contributed by atoms with Crippen LogP contribution in [0.15, 0.2) is 27.8 Å². The van der Waals surface area contributed by atoms with Gasteiger partial charge in [0.05, 0.1) is 16.1 Å². The van der Waals surface area contributed by atoms with Gasteiger partial charge in [-0.3, -0.25) is 13.9 Å². The van der Waals surface area contributed by atoms with E-state index in [1.54, 1.807) is 37.7 Å². The van der Waals surface area contributed by atoms with E-state index < -0.39 is 11.8 Å². The highest BCUT2D eigenvalue weighted by atomic mass is 35.5. The summed E-state index contributed by atoms with van der Waals surface area (Å²) in [6.07, 6.45) is 1.60. The molecule has 2 aromatic heterocycles. The molecule has 0 fully saturated rings. The Morgan fingerprint density at radius 3 is 2.53 bits per heavy atom. The van der Waals surface area contributed by atoms with E-state index in [0.717, 1.165) is 12.0 Å². The van der Waals surface area contributed by atoms with Crippen LogP contribution in [0, 0.1) is 0 Å². The number of imidazole rings is 1. The molecule has 10 heteroatoms. The molecule has 0 aliphatic heterocycles. The molecule has 0 aliphatic rings. The number of aliphatic hydroxyl groups is 1. The fraction of sp³-hybridized carbons (Fsp3) is 0.450. The Balaban J connectivity index is 1.89. The molecule has 30 heavy (non-hydrogen) atoms. The second kappa shape index (κ2) is 9.24. The van der Waals surface area contributed by atoms with Crippen LogP contribution >= 0.6 is 23.2 Å². The second-order valence-corrected chi connectivity index (χ2v) is 8.23. The predicted octanol–water partition coefficient (Wildman–Crippen LogP) is 2.90. The van der Waals surface area contributed by atoms with Gasteiger partial charge in [-0.2, -0.15) is 4.98 Å². The van der Waals surface area contributed by atoms with Gasteiger partial charge in [-0.05, 0) is 43.9 Å². The highest BCUT2D eigenvalue weighted by molar-refractivity contribution is 6.42. The molecule has 2 N–H and O–H groups in total. The van der Waals surface area contributed by atoms with Crippen LogP contribution in [0.5, 0.6) is 0 Å². The number of halogens is 2. The zero-order valence-electron chi connectivity index (χ0n) is 17.2. The topological polar surface area (TPSA) is 94.1 Å². The molecule has 0 radical (unpaired) electrons. The molecule has 1 atom stereocenters. The maximum absolute atomic E-state index is 13.0. The maximum atomic E-state index is 13.0. The number of aryl methyl sites for hydroxylation is 2. The number of nitrogens with zero attached hydrogens (tertiary/aromatic N) is 4. The summed E-state index contributed by atoms with van der Waals surface area (Å²) in [4.78, 5) is 30.1. The third kappa shape index (κ3) is 4.55. The van der Waals surface area contributed by atoms with E-state index in [1.165, 1.54) is 9.13 Å². The van der Waals surface area contributed by atoms with Crippen LogP contribution < -0.4 is 16.6 Å². The van der Waals surface area contributed by atoms with E-state index in [2.05, 4.69) is 10.3 Å². The average Bonchev–Trinajstić information content (AvgIpc) is 3.03. The van der Waals surface area contributed by atoms with Crippen molar-refractivity contribution in [3.05, 3.63) is 54.6 Å². The van der Waals surface area contributed by atoms with Gasteiger partial charge in [-0.25, -0.2) is 4.79 Å². The van der Waals surface area contributed by atoms with Crippen molar-refractivity contribution in [2.24, 2.45) is 14.1 Å². The van der Waals surface area contributed by atoms with Gasteiger partial charge in [0.25, 0.3) is 5.56 Å². The number of hydrogen-bond donors (Lipinski definition) is 2. The van der Waals surface area contributed by atoms with E-state index in [0.29, 0.717) is 53.1 Å². The Labute approximate surface area is 183 Å². The summed E-state index contributed by atoms with van der Waals surface area (Å²) >= 11 is 12.0. The largest absolute Gasteiger partial charge is 0.393 e. The van der Waals surface area contributed by atoms with E-state index in [4.69, 9.17) is 23.2 Å². The Kier molecular flexibility index (Phi) is 6.90. The van der Waals surface area contributed by atoms with Crippen LogP contribution in [0.1, 0.15) is 31.7 Å². The monoisotopic (exact) mass is 453 g/mol. The molecule has 0 spiro atoms. The molecular weight excluding hydrogens is 429 g/mol. The van der Waals surface area contributed by atoms with Crippen molar-refractivity contribution in [3.63, 3.8) is 0 Å². The highest BCUT2D eigenvalue weighted by Gasteiger charge is 2.18. The Bertz CT molecular complexity index is 1180. The number of unbranched alkanes of at least 4 members (excludes halogenated alkanes) is 1. The molecular formula is C20H25Cl2N5O3. The van der Waals surface area contributed by atoms with E-state index in [-0.39, 0.29) is 5.56 Å². The summed E-state index contributed by atoms with van der Waals surface area (Å²) in [5.41, 5.74) is 0.802. The van der Waals surface area contributed by atoms with Crippen molar-refractivity contribution in [1.29, 1.82) is 0 Å². The standard InChI is InChI=1S/C20H25Cl2N5O3/c1-12(28)6-4-5-9-27-18(29)16-17(26(3)20(27)30)24-19(25(16)2)23-11-13-7-8-14(21)15(22)10-13/h7-8,10,12,28H,4-6,9,11H2,1-3H3,(H,23,24). The van der Waals surface area contributed by atoms with Gasteiger partial charge in [0, 0.05) is 27.2 Å². The summed E-state index contributed by atoms with van der Waals surface area (Å²) in [6, 6.07) is 5.32.